The van der Waals surface area contributed by atoms with Crippen LogP contribution in [0.3, 0.4) is 0 Å². The number of para-hydroxylation sites is 2. The van der Waals surface area contributed by atoms with Crippen molar-refractivity contribution in [1.29, 1.82) is 0 Å². The van der Waals surface area contributed by atoms with E-state index in [4.69, 9.17) is 4.74 Å². The van der Waals surface area contributed by atoms with Gasteiger partial charge in [0.1, 0.15) is 5.75 Å². The topological polar surface area (TPSA) is 38.3 Å². The summed E-state index contributed by atoms with van der Waals surface area (Å²) in [5.74, 6) is 1.03. The average molecular weight is 303 g/mol. The predicted octanol–water partition coefficient (Wildman–Crippen LogP) is 3.89. The van der Waals surface area contributed by atoms with Crippen LogP contribution >= 0.6 is 12.6 Å². The van der Waals surface area contributed by atoms with Gasteiger partial charge in [-0.3, -0.25) is 4.79 Å². The summed E-state index contributed by atoms with van der Waals surface area (Å²) in [4.78, 5) is 11.6. The maximum absolute atomic E-state index is 11.6. The van der Waals surface area contributed by atoms with E-state index in [0.717, 1.165) is 0 Å². The lowest BCUT2D eigenvalue weighted by atomic mass is 10.2. The third-order valence-corrected chi connectivity index (χ3v) is 3.30. The molecule has 3 nitrogen and oxygen atoms in total. The van der Waals surface area contributed by atoms with Gasteiger partial charge in [0.2, 0.25) is 5.91 Å². The number of rotatable bonds is 4. The normalized spacial score (nSPS) is 10.8. The number of methoxy groups -OCH3 is 1. The van der Waals surface area contributed by atoms with Gasteiger partial charge in [-0.15, -0.1) is 0 Å². The van der Waals surface area contributed by atoms with Gasteiger partial charge in [-0.2, -0.15) is 12.6 Å². The van der Waals surface area contributed by atoms with Crippen molar-refractivity contribution in [2.75, 3.05) is 18.2 Å². The van der Waals surface area contributed by atoms with Crippen molar-refractivity contribution >= 4 is 24.2 Å². The smallest absolute Gasteiger partial charge is 0.228 e. The lowest BCUT2D eigenvalue weighted by Gasteiger charge is -2.12. The minimum atomic E-state index is -0.113. The highest BCUT2D eigenvalue weighted by Crippen LogP contribution is 2.23. The maximum Gasteiger partial charge on any atom is 0.228 e. The molecule has 0 fully saturated rings. The van der Waals surface area contributed by atoms with Crippen LogP contribution in [-0.4, -0.2) is 18.8 Å². The zero-order chi connectivity index (χ0) is 15.5. The van der Waals surface area contributed by atoms with E-state index in [1.54, 1.807) is 13.2 Å². The first-order valence-corrected chi connectivity index (χ1v) is 7.37. The molecular weight excluding hydrogens is 282 g/mol. The van der Waals surface area contributed by atoms with E-state index in [1.807, 2.05) is 61.5 Å². The van der Waals surface area contributed by atoms with Crippen molar-refractivity contribution in [2.45, 2.75) is 6.92 Å². The number of hydrogen-bond donors (Lipinski definition) is 2. The second-order valence-electron chi connectivity index (χ2n) is 4.43. The summed E-state index contributed by atoms with van der Waals surface area (Å²) >= 11 is 4.08. The van der Waals surface area contributed by atoms with Crippen molar-refractivity contribution in [1.82, 2.24) is 0 Å². The largest absolute Gasteiger partial charge is 0.495 e. The fourth-order valence-corrected chi connectivity index (χ4v) is 1.64. The molecule has 0 bridgehead atoms. The molecule has 0 heterocycles. The Kier molecular flexibility index (Phi) is 8.05. The Morgan fingerprint density at radius 2 is 1.62 bits per heavy atom. The van der Waals surface area contributed by atoms with Gasteiger partial charge in [-0.1, -0.05) is 55.5 Å². The molecule has 112 valence electrons. The van der Waals surface area contributed by atoms with E-state index in [9.17, 15) is 4.79 Å². The predicted molar refractivity (Wildman–Crippen MR) is 91.1 cm³/mol. The average Bonchev–Trinajstić information content (AvgIpc) is 2.56. The summed E-state index contributed by atoms with van der Waals surface area (Å²) < 4.78 is 5.13. The van der Waals surface area contributed by atoms with Gasteiger partial charge >= 0.3 is 0 Å². The van der Waals surface area contributed by atoms with E-state index in [-0.39, 0.29) is 11.8 Å². The number of anilines is 1. The number of benzene rings is 2. The van der Waals surface area contributed by atoms with Gasteiger partial charge in [0.05, 0.1) is 12.8 Å². The van der Waals surface area contributed by atoms with Gasteiger partial charge in [0, 0.05) is 11.7 Å². The van der Waals surface area contributed by atoms with Crippen LogP contribution in [0, 0.1) is 5.92 Å². The highest BCUT2D eigenvalue weighted by atomic mass is 32.1. The maximum atomic E-state index is 11.6. The molecule has 0 aliphatic carbocycles. The highest BCUT2D eigenvalue weighted by molar-refractivity contribution is 7.80. The zero-order valence-electron chi connectivity index (χ0n) is 12.3. The van der Waals surface area contributed by atoms with Crippen molar-refractivity contribution in [3.8, 4) is 5.75 Å². The van der Waals surface area contributed by atoms with Gasteiger partial charge in [-0.05, 0) is 12.1 Å². The molecule has 0 aliphatic rings. The Hall–Kier alpha value is -1.94. The molecule has 1 unspecified atom stereocenters. The minimum absolute atomic E-state index is 0.0468. The molecule has 2 aromatic rings. The van der Waals surface area contributed by atoms with Crippen LogP contribution in [0.4, 0.5) is 5.69 Å². The summed E-state index contributed by atoms with van der Waals surface area (Å²) in [5, 5.41) is 2.80. The molecule has 21 heavy (non-hydrogen) atoms. The lowest BCUT2D eigenvalue weighted by molar-refractivity contribution is -0.118. The zero-order valence-corrected chi connectivity index (χ0v) is 13.2. The van der Waals surface area contributed by atoms with E-state index in [1.165, 1.54) is 0 Å². The molecule has 0 aliphatic heterocycles. The van der Waals surface area contributed by atoms with Gasteiger partial charge in [-0.25, -0.2) is 0 Å². The molecule has 4 heteroatoms. The van der Waals surface area contributed by atoms with Crippen molar-refractivity contribution in [3.63, 3.8) is 0 Å². The second kappa shape index (κ2) is 9.88. The quantitative estimate of drug-likeness (QED) is 0.841. The Morgan fingerprint density at radius 1 is 1.10 bits per heavy atom. The third kappa shape index (κ3) is 6.36. The van der Waals surface area contributed by atoms with Crippen LogP contribution in [0.25, 0.3) is 0 Å². The van der Waals surface area contributed by atoms with E-state index < -0.39 is 0 Å². The molecule has 0 aromatic heterocycles. The molecule has 0 spiro atoms. The standard InChI is InChI=1S/C11H15NO2S.C6H6/c1-8(7-15)11(13)12-9-5-3-4-6-10(9)14-2;1-2-4-6-5-3-1/h3-6,8,15H,7H2,1-2H3,(H,12,13);1-6H. The molecule has 1 amide bonds. The van der Waals surface area contributed by atoms with Crippen molar-refractivity contribution in [3.05, 3.63) is 60.7 Å². The first kappa shape index (κ1) is 17.1. The van der Waals surface area contributed by atoms with Crippen LogP contribution in [0.1, 0.15) is 6.92 Å². The molecule has 0 saturated heterocycles. The van der Waals surface area contributed by atoms with Crippen molar-refractivity contribution < 1.29 is 9.53 Å². The van der Waals surface area contributed by atoms with E-state index >= 15 is 0 Å². The first-order chi connectivity index (χ1) is 10.2. The first-order valence-electron chi connectivity index (χ1n) is 6.73. The Bertz CT molecular complexity index is 505. The van der Waals surface area contributed by atoms with E-state index in [2.05, 4.69) is 17.9 Å². The number of thiol groups is 1. The Labute approximate surface area is 131 Å². The van der Waals surface area contributed by atoms with Crippen molar-refractivity contribution in [2.24, 2.45) is 5.92 Å². The van der Waals surface area contributed by atoms with Crippen LogP contribution in [0.15, 0.2) is 60.7 Å². The third-order valence-electron chi connectivity index (χ3n) is 2.75. The summed E-state index contributed by atoms with van der Waals surface area (Å²) in [6.45, 7) is 1.83. The Morgan fingerprint density at radius 3 is 2.10 bits per heavy atom. The minimum Gasteiger partial charge on any atom is -0.495 e. The second-order valence-corrected chi connectivity index (χ2v) is 4.79. The van der Waals surface area contributed by atoms with Crippen LogP contribution < -0.4 is 10.1 Å². The van der Waals surface area contributed by atoms with Gasteiger partial charge in [0.25, 0.3) is 0 Å². The summed E-state index contributed by atoms with van der Waals surface area (Å²) in [7, 11) is 1.58. The fraction of sp³-hybridized carbons (Fsp3) is 0.235. The summed E-state index contributed by atoms with van der Waals surface area (Å²) in [5.41, 5.74) is 0.693. The number of amides is 1. The highest BCUT2D eigenvalue weighted by Gasteiger charge is 2.12. The van der Waals surface area contributed by atoms with E-state index in [0.29, 0.717) is 17.2 Å². The SMILES string of the molecule is COc1ccccc1NC(=O)C(C)CS.c1ccccc1. The van der Waals surface area contributed by atoms with Gasteiger partial charge in [0.15, 0.2) is 0 Å². The summed E-state index contributed by atoms with van der Waals surface area (Å²) in [6.07, 6.45) is 0. The lowest BCUT2D eigenvalue weighted by Crippen LogP contribution is -2.21. The summed E-state index contributed by atoms with van der Waals surface area (Å²) in [6, 6.07) is 19.3. The number of carbonyl (C=O) groups excluding carboxylic acids is 1. The number of hydrogen-bond acceptors (Lipinski definition) is 3. The molecule has 0 radical (unpaired) electrons. The van der Waals surface area contributed by atoms with Crippen LogP contribution in [-0.2, 0) is 4.79 Å². The Balaban J connectivity index is 0.000000304. The molecule has 2 rings (SSSR count). The molecule has 1 atom stereocenters. The van der Waals surface area contributed by atoms with Gasteiger partial charge < -0.3 is 10.1 Å². The number of carbonyl (C=O) groups is 1. The molecular formula is C17H21NO2S. The monoisotopic (exact) mass is 303 g/mol. The molecule has 0 saturated carbocycles. The van der Waals surface area contributed by atoms with Crippen LogP contribution in [0.5, 0.6) is 5.75 Å². The number of ether oxygens (including phenoxy) is 1. The van der Waals surface area contributed by atoms with Crippen LogP contribution in [0.2, 0.25) is 0 Å². The molecule has 1 N–H and O–H groups in total. The number of nitrogens with one attached hydrogen (secondary N) is 1. The molecule has 2 aromatic carbocycles. The fourth-order valence-electron chi connectivity index (χ4n) is 1.47.